The van der Waals surface area contributed by atoms with Crippen LogP contribution in [0.5, 0.6) is 5.75 Å². The molecule has 23 heavy (non-hydrogen) atoms. The van der Waals surface area contributed by atoms with Crippen LogP contribution in [0.15, 0.2) is 48.7 Å². The number of Topliss-reactive ketones (excluding diaryl/α,β-unsaturated/α-hetero) is 1. The van der Waals surface area contributed by atoms with Crippen molar-refractivity contribution in [3.8, 4) is 5.75 Å². The van der Waals surface area contributed by atoms with E-state index in [1.807, 2.05) is 24.3 Å². The first-order valence-electron chi connectivity index (χ1n) is 7.21. The Morgan fingerprint density at radius 1 is 1.09 bits per heavy atom. The van der Waals surface area contributed by atoms with Crippen LogP contribution in [0.25, 0.3) is 10.8 Å². The number of carbonyl (C=O) groups excluding carboxylic acids is 1. The SMILES string of the molecule is COc1ccc(CC(=O)Cc2nncc3c(F)cccc23)cc1. The maximum absolute atomic E-state index is 13.8. The summed E-state index contributed by atoms with van der Waals surface area (Å²) in [7, 11) is 1.60. The Morgan fingerprint density at radius 3 is 2.61 bits per heavy atom. The van der Waals surface area contributed by atoms with E-state index in [0.717, 1.165) is 11.3 Å². The number of nitrogens with zero attached hydrogens (tertiary/aromatic N) is 2. The van der Waals surface area contributed by atoms with Crippen LogP contribution in [-0.2, 0) is 17.6 Å². The Kier molecular flexibility index (Phi) is 4.28. The maximum atomic E-state index is 13.8. The summed E-state index contributed by atoms with van der Waals surface area (Å²) < 4.78 is 18.8. The third-order valence-electron chi connectivity index (χ3n) is 3.65. The Labute approximate surface area is 132 Å². The minimum absolute atomic E-state index is 0.00114. The number of benzene rings is 2. The van der Waals surface area contributed by atoms with Crippen LogP contribution < -0.4 is 4.74 Å². The molecule has 1 aromatic heterocycles. The quantitative estimate of drug-likeness (QED) is 0.726. The third-order valence-corrected chi connectivity index (χ3v) is 3.65. The first kappa shape index (κ1) is 15.1. The Hall–Kier alpha value is -2.82. The van der Waals surface area contributed by atoms with E-state index in [9.17, 15) is 9.18 Å². The van der Waals surface area contributed by atoms with Gasteiger partial charge in [-0.15, -0.1) is 0 Å². The highest BCUT2D eigenvalue weighted by molar-refractivity contribution is 5.90. The highest BCUT2D eigenvalue weighted by Crippen LogP contribution is 2.20. The van der Waals surface area contributed by atoms with Crippen LogP contribution in [0.2, 0.25) is 0 Å². The molecular formula is C18H15FN2O2. The molecule has 3 aromatic rings. The van der Waals surface area contributed by atoms with E-state index in [0.29, 0.717) is 16.5 Å². The molecule has 0 saturated heterocycles. The van der Waals surface area contributed by atoms with Gasteiger partial charge in [0, 0.05) is 17.2 Å². The largest absolute Gasteiger partial charge is 0.497 e. The van der Waals surface area contributed by atoms with Crippen molar-refractivity contribution in [1.82, 2.24) is 10.2 Å². The van der Waals surface area contributed by atoms with Gasteiger partial charge in [0.1, 0.15) is 17.3 Å². The molecule has 4 nitrogen and oxygen atoms in total. The number of methoxy groups -OCH3 is 1. The average molecular weight is 310 g/mol. The average Bonchev–Trinajstić information content (AvgIpc) is 2.56. The number of rotatable bonds is 5. The lowest BCUT2D eigenvalue weighted by Gasteiger charge is -2.06. The van der Waals surface area contributed by atoms with Gasteiger partial charge in [0.15, 0.2) is 0 Å². The number of hydrogen-bond donors (Lipinski definition) is 0. The number of hydrogen-bond acceptors (Lipinski definition) is 4. The van der Waals surface area contributed by atoms with Crippen LogP contribution in [0.3, 0.4) is 0 Å². The lowest BCUT2D eigenvalue weighted by Crippen LogP contribution is -2.09. The van der Waals surface area contributed by atoms with E-state index >= 15 is 0 Å². The molecule has 0 aliphatic rings. The first-order valence-corrected chi connectivity index (χ1v) is 7.21. The lowest BCUT2D eigenvalue weighted by molar-refractivity contribution is -0.117. The topological polar surface area (TPSA) is 52.1 Å². The molecule has 0 amide bonds. The molecule has 0 radical (unpaired) electrons. The summed E-state index contributed by atoms with van der Waals surface area (Å²) in [5, 5.41) is 8.81. The van der Waals surface area contributed by atoms with Gasteiger partial charge in [0.2, 0.25) is 0 Å². The molecule has 0 atom stereocenters. The Balaban J connectivity index is 1.78. The number of carbonyl (C=O) groups is 1. The van der Waals surface area contributed by atoms with Crippen LogP contribution in [-0.4, -0.2) is 23.1 Å². The number of aromatic nitrogens is 2. The van der Waals surface area contributed by atoms with Gasteiger partial charge in [-0.1, -0.05) is 24.3 Å². The molecule has 0 saturated carbocycles. The molecule has 0 spiro atoms. The van der Waals surface area contributed by atoms with Gasteiger partial charge < -0.3 is 4.74 Å². The molecule has 3 rings (SSSR count). The van der Waals surface area contributed by atoms with Crippen molar-refractivity contribution in [2.45, 2.75) is 12.8 Å². The molecule has 0 fully saturated rings. The smallest absolute Gasteiger partial charge is 0.143 e. The molecule has 0 unspecified atom stereocenters. The molecule has 0 aliphatic carbocycles. The second-order valence-corrected chi connectivity index (χ2v) is 5.23. The van der Waals surface area contributed by atoms with Crippen LogP contribution in [0.4, 0.5) is 4.39 Å². The monoisotopic (exact) mass is 310 g/mol. The molecule has 0 N–H and O–H groups in total. The Morgan fingerprint density at radius 2 is 1.87 bits per heavy atom. The standard InChI is InChI=1S/C18H15FN2O2/c1-23-14-7-5-12(6-8-14)9-13(22)10-18-15-3-2-4-17(19)16(15)11-20-21-18/h2-8,11H,9-10H2,1H3. The number of ketones is 1. The van der Waals surface area contributed by atoms with Crippen molar-refractivity contribution in [2.75, 3.05) is 7.11 Å². The van der Waals surface area contributed by atoms with Gasteiger partial charge in [0.25, 0.3) is 0 Å². The summed E-state index contributed by atoms with van der Waals surface area (Å²) in [5.74, 6) is 0.388. The zero-order valence-corrected chi connectivity index (χ0v) is 12.6. The Bertz CT molecular complexity index is 847. The summed E-state index contributed by atoms with van der Waals surface area (Å²) in [5.41, 5.74) is 1.40. The fourth-order valence-corrected chi connectivity index (χ4v) is 2.48. The highest BCUT2D eigenvalue weighted by atomic mass is 19.1. The molecule has 1 heterocycles. The molecule has 2 aromatic carbocycles. The predicted molar refractivity (Wildman–Crippen MR) is 84.9 cm³/mol. The molecule has 5 heteroatoms. The predicted octanol–water partition coefficient (Wildman–Crippen LogP) is 3.13. The van der Waals surface area contributed by atoms with Crippen LogP contribution in [0.1, 0.15) is 11.3 Å². The van der Waals surface area contributed by atoms with Crippen LogP contribution in [0, 0.1) is 5.82 Å². The van der Waals surface area contributed by atoms with E-state index in [1.165, 1.54) is 12.3 Å². The molecule has 0 aliphatic heterocycles. The second-order valence-electron chi connectivity index (χ2n) is 5.23. The fraction of sp³-hybridized carbons (Fsp3) is 0.167. The van der Waals surface area contributed by atoms with Crippen LogP contribution >= 0.6 is 0 Å². The normalized spacial score (nSPS) is 10.7. The van der Waals surface area contributed by atoms with Crippen molar-refractivity contribution >= 4 is 16.6 Å². The molecular weight excluding hydrogens is 295 g/mol. The second kappa shape index (κ2) is 6.52. The highest BCUT2D eigenvalue weighted by Gasteiger charge is 2.12. The van der Waals surface area contributed by atoms with E-state index in [-0.39, 0.29) is 24.4 Å². The van der Waals surface area contributed by atoms with Crippen molar-refractivity contribution in [1.29, 1.82) is 0 Å². The van der Waals surface area contributed by atoms with Crippen molar-refractivity contribution in [3.63, 3.8) is 0 Å². The number of halogens is 1. The summed E-state index contributed by atoms with van der Waals surface area (Å²) in [6.45, 7) is 0. The van der Waals surface area contributed by atoms with Gasteiger partial charge in [-0.05, 0) is 23.8 Å². The minimum atomic E-state index is -0.360. The third kappa shape index (κ3) is 3.34. The molecule has 0 bridgehead atoms. The molecule has 116 valence electrons. The van der Waals surface area contributed by atoms with Gasteiger partial charge in [-0.25, -0.2) is 4.39 Å². The minimum Gasteiger partial charge on any atom is -0.497 e. The van der Waals surface area contributed by atoms with Gasteiger partial charge in [0.05, 0.1) is 25.4 Å². The number of fused-ring (bicyclic) bond motifs is 1. The maximum Gasteiger partial charge on any atom is 0.143 e. The van der Waals surface area contributed by atoms with E-state index in [4.69, 9.17) is 4.74 Å². The number of ether oxygens (including phenoxy) is 1. The van der Waals surface area contributed by atoms with Gasteiger partial charge >= 0.3 is 0 Å². The van der Waals surface area contributed by atoms with Crippen molar-refractivity contribution in [3.05, 3.63) is 65.7 Å². The summed E-state index contributed by atoms with van der Waals surface area (Å²) >= 11 is 0. The van der Waals surface area contributed by atoms with Crippen molar-refractivity contribution < 1.29 is 13.9 Å². The fourth-order valence-electron chi connectivity index (χ4n) is 2.48. The van der Waals surface area contributed by atoms with Crippen molar-refractivity contribution in [2.24, 2.45) is 0 Å². The van der Waals surface area contributed by atoms with E-state index in [2.05, 4.69) is 10.2 Å². The summed E-state index contributed by atoms with van der Waals surface area (Å²) in [4.78, 5) is 12.3. The zero-order valence-electron chi connectivity index (χ0n) is 12.6. The van der Waals surface area contributed by atoms with E-state index in [1.54, 1.807) is 19.2 Å². The van der Waals surface area contributed by atoms with E-state index < -0.39 is 0 Å². The first-order chi connectivity index (χ1) is 11.2. The summed E-state index contributed by atoms with van der Waals surface area (Å²) in [6.07, 6.45) is 1.79. The van der Waals surface area contributed by atoms with Gasteiger partial charge in [-0.3, -0.25) is 4.79 Å². The lowest BCUT2D eigenvalue weighted by atomic mass is 10.0. The zero-order chi connectivity index (χ0) is 16.2. The van der Waals surface area contributed by atoms with Gasteiger partial charge in [-0.2, -0.15) is 10.2 Å². The summed E-state index contributed by atoms with van der Waals surface area (Å²) in [6, 6.07) is 12.1.